The number of thioether (sulfide) groups is 1. The summed E-state index contributed by atoms with van der Waals surface area (Å²) >= 11 is 1.66. The number of aromatic nitrogens is 3. The van der Waals surface area contributed by atoms with Gasteiger partial charge in [-0.05, 0) is 34.1 Å². The van der Waals surface area contributed by atoms with Gasteiger partial charge in [-0.3, -0.25) is 0 Å². The Labute approximate surface area is 114 Å². The first kappa shape index (κ1) is 15.0. The Balaban J connectivity index is 2.88. The lowest BCUT2D eigenvalue weighted by Gasteiger charge is -2.13. The molecule has 0 fully saturated rings. The zero-order valence-electron chi connectivity index (χ0n) is 11.8. The SMILES string of the molecule is CCCSc1nc(NC(C)C)nc(NC(C)C)n1. The molecule has 1 heterocycles. The normalized spacial score (nSPS) is 11.1. The van der Waals surface area contributed by atoms with Crippen LogP contribution < -0.4 is 10.6 Å². The van der Waals surface area contributed by atoms with E-state index in [1.807, 2.05) is 0 Å². The van der Waals surface area contributed by atoms with Crippen molar-refractivity contribution in [2.24, 2.45) is 0 Å². The second-order valence-corrected chi connectivity index (χ2v) is 5.77. The summed E-state index contributed by atoms with van der Waals surface area (Å²) in [7, 11) is 0. The van der Waals surface area contributed by atoms with Gasteiger partial charge in [0.25, 0.3) is 0 Å². The highest BCUT2D eigenvalue weighted by Crippen LogP contribution is 2.17. The van der Waals surface area contributed by atoms with Crippen LogP contribution in [0.1, 0.15) is 41.0 Å². The average molecular weight is 269 g/mol. The molecular formula is C12H23N5S. The number of rotatable bonds is 7. The zero-order chi connectivity index (χ0) is 13.5. The molecule has 0 saturated carbocycles. The van der Waals surface area contributed by atoms with Gasteiger partial charge in [0.05, 0.1) is 0 Å². The third-order valence-corrected chi connectivity index (χ3v) is 2.94. The third-order valence-electron chi connectivity index (χ3n) is 1.89. The molecule has 102 valence electrons. The van der Waals surface area contributed by atoms with Crippen LogP contribution in [0, 0.1) is 0 Å². The van der Waals surface area contributed by atoms with Crippen LogP contribution in [0.2, 0.25) is 0 Å². The Morgan fingerprint density at radius 1 is 0.944 bits per heavy atom. The van der Waals surface area contributed by atoms with E-state index in [0.29, 0.717) is 24.0 Å². The van der Waals surface area contributed by atoms with Crippen molar-refractivity contribution in [2.45, 2.75) is 58.3 Å². The van der Waals surface area contributed by atoms with Gasteiger partial charge in [0.2, 0.25) is 11.9 Å². The maximum atomic E-state index is 4.41. The molecule has 1 rings (SSSR count). The van der Waals surface area contributed by atoms with Crippen LogP contribution in [0.15, 0.2) is 5.16 Å². The van der Waals surface area contributed by atoms with Crippen molar-refractivity contribution < 1.29 is 0 Å². The monoisotopic (exact) mass is 269 g/mol. The lowest BCUT2D eigenvalue weighted by Crippen LogP contribution is -2.17. The molecule has 0 radical (unpaired) electrons. The van der Waals surface area contributed by atoms with Crippen molar-refractivity contribution in [3.8, 4) is 0 Å². The van der Waals surface area contributed by atoms with Gasteiger partial charge in [-0.2, -0.15) is 15.0 Å². The predicted octanol–water partition coefficient (Wildman–Crippen LogP) is 3.01. The Kier molecular flexibility index (Phi) is 6.18. The van der Waals surface area contributed by atoms with Crippen molar-refractivity contribution in [2.75, 3.05) is 16.4 Å². The number of anilines is 2. The molecular weight excluding hydrogens is 246 g/mol. The summed E-state index contributed by atoms with van der Waals surface area (Å²) in [6.07, 6.45) is 1.11. The van der Waals surface area contributed by atoms with E-state index in [4.69, 9.17) is 0 Å². The highest BCUT2D eigenvalue weighted by Gasteiger charge is 2.08. The summed E-state index contributed by atoms with van der Waals surface area (Å²) < 4.78 is 0. The largest absolute Gasteiger partial charge is 0.352 e. The molecule has 1 aromatic rings. The predicted molar refractivity (Wildman–Crippen MR) is 78.4 cm³/mol. The average Bonchev–Trinajstić information content (AvgIpc) is 2.24. The molecule has 18 heavy (non-hydrogen) atoms. The number of nitrogens with zero attached hydrogens (tertiary/aromatic N) is 3. The standard InChI is InChI=1S/C12H23N5S/c1-6-7-18-12-16-10(13-8(2)3)15-11(17-12)14-9(4)5/h8-9H,6-7H2,1-5H3,(H2,13,14,15,16,17). The van der Waals surface area contributed by atoms with E-state index in [1.165, 1.54) is 0 Å². The zero-order valence-corrected chi connectivity index (χ0v) is 12.6. The summed E-state index contributed by atoms with van der Waals surface area (Å²) in [5.74, 6) is 2.30. The van der Waals surface area contributed by atoms with E-state index in [0.717, 1.165) is 17.3 Å². The molecule has 6 heteroatoms. The van der Waals surface area contributed by atoms with E-state index in [-0.39, 0.29) is 0 Å². The fourth-order valence-corrected chi connectivity index (χ4v) is 1.95. The van der Waals surface area contributed by atoms with Crippen molar-refractivity contribution in [1.29, 1.82) is 0 Å². The van der Waals surface area contributed by atoms with Gasteiger partial charge in [0, 0.05) is 17.8 Å². The summed E-state index contributed by atoms with van der Waals surface area (Å²) in [6, 6.07) is 0.617. The fourth-order valence-electron chi connectivity index (χ4n) is 1.26. The molecule has 1 aromatic heterocycles. The van der Waals surface area contributed by atoms with Gasteiger partial charge >= 0.3 is 0 Å². The number of hydrogen-bond donors (Lipinski definition) is 2. The third kappa shape index (κ3) is 5.53. The number of hydrogen-bond acceptors (Lipinski definition) is 6. The molecule has 0 aliphatic heterocycles. The first-order valence-corrected chi connectivity index (χ1v) is 7.41. The van der Waals surface area contributed by atoms with Gasteiger partial charge in [-0.15, -0.1) is 0 Å². The molecule has 0 aliphatic rings. The molecule has 0 amide bonds. The van der Waals surface area contributed by atoms with Gasteiger partial charge in [-0.1, -0.05) is 18.7 Å². The van der Waals surface area contributed by atoms with E-state index in [1.54, 1.807) is 11.8 Å². The van der Waals surface area contributed by atoms with Crippen LogP contribution in [-0.2, 0) is 0 Å². The molecule has 0 bridgehead atoms. The molecule has 0 aliphatic carbocycles. The minimum absolute atomic E-state index is 0.309. The second-order valence-electron chi connectivity index (χ2n) is 4.71. The van der Waals surface area contributed by atoms with E-state index >= 15 is 0 Å². The maximum Gasteiger partial charge on any atom is 0.228 e. The van der Waals surface area contributed by atoms with E-state index < -0.39 is 0 Å². The quantitative estimate of drug-likeness (QED) is 0.742. The Morgan fingerprint density at radius 3 is 1.83 bits per heavy atom. The highest BCUT2D eigenvalue weighted by atomic mass is 32.2. The van der Waals surface area contributed by atoms with Crippen molar-refractivity contribution in [3.63, 3.8) is 0 Å². The lowest BCUT2D eigenvalue weighted by molar-refractivity contribution is 0.812. The molecule has 0 atom stereocenters. The van der Waals surface area contributed by atoms with Crippen molar-refractivity contribution >= 4 is 23.7 Å². The fraction of sp³-hybridized carbons (Fsp3) is 0.750. The minimum Gasteiger partial charge on any atom is -0.352 e. The number of nitrogens with one attached hydrogen (secondary N) is 2. The van der Waals surface area contributed by atoms with Gasteiger partial charge < -0.3 is 10.6 Å². The highest BCUT2D eigenvalue weighted by molar-refractivity contribution is 7.99. The van der Waals surface area contributed by atoms with Crippen LogP contribution in [0.4, 0.5) is 11.9 Å². The maximum absolute atomic E-state index is 4.41. The Hall–Kier alpha value is -1.04. The molecule has 5 nitrogen and oxygen atoms in total. The second kappa shape index (κ2) is 7.41. The Bertz CT molecular complexity index is 339. The van der Waals surface area contributed by atoms with Gasteiger partial charge in [0.1, 0.15) is 0 Å². The summed E-state index contributed by atoms with van der Waals surface area (Å²) in [4.78, 5) is 13.2. The lowest BCUT2D eigenvalue weighted by atomic mass is 10.4. The minimum atomic E-state index is 0.309. The first-order valence-electron chi connectivity index (χ1n) is 6.43. The first-order chi connectivity index (χ1) is 8.51. The van der Waals surface area contributed by atoms with E-state index in [9.17, 15) is 0 Å². The van der Waals surface area contributed by atoms with Crippen LogP contribution in [0.25, 0.3) is 0 Å². The molecule has 2 N–H and O–H groups in total. The van der Waals surface area contributed by atoms with Crippen molar-refractivity contribution in [1.82, 2.24) is 15.0 Å². The van der Waals surface area contributed by atoms with Crippen LogP contribution in [0.3, 0.4) is 0 Å². The topological polar surface area (TPSA) is 62.7 Å². The summed E-state index contributed by atoms with van der Waals surface area (Å²) in [5, 5.41) is 7.22. The van der Waals surface area contributed by atoms with Crippen molar-refractivity contribution in [3.05, 3.63) is 0 Å². The van der Waals surface area contributed by atoms with Crippen LogP contribution in [0.5, 0.6) is 0 Å². The van der Waals surface area contributed by atoms with Gasteiger partial charge in [-0.25, -0.2) is 0 Å². The van der Waals surface area contributed by atoms with Crippen LogP contribution in [-0.4, -0.2) is 32.8 Å². The summed E-state index contributed by atoms with van der Waals surface area (Å²) in [5.41, 5.74) is 0. The molecule has 0 saturated heterocycles. The molecule has 0 unspecified atom stereocenters. The molecule has 0 aromatic carbocycles. The van der Waals surface area contributed by atoms with Crippen LogP contribution >= 0.6 is 11.8 Å². The Morgan fingerprint density at radius 2 is 1.44 bits per heavy atom. The summed E-state index contributed by atoms with van der Waals surface area (Å²) in [6.45, 7) is 10.4. The molecule has 0 spiro atoms. The van der Waals surface area contributed by atoms with Gasteiger partial charge in [0.15, 0.2) is 5.16 Å². The van der Waals surface area contributed by atoms with E-state index in [2.05, 4.69) is 60.2 Å². The smallest absolute Gasteiger partial charge is 0.228 e.